The molecule has 1 N–H and O–H groups in total. The van der Waals surface area contributed by atoms with Crippen LogP contribution in [0.4, 0.5) is 0 Å². The average Bonchev–Trinajstić information content (AvgIpc) is 2.23. The van der Waals surface area contributed by atoms with Gasteiger partial charge in [-0.25, -0.2) is 0 Å². The summed E-state index contributed by atoms with van der Waals surface area (Å²) in [6.45, 7) is 8.77. The van der Waals surface area contributed by atoms with Gasteiger partial charge in [0.1, 0.15) is 5.60 Å². The summed E-state index contributed by atoms with van der Waals surface area (Å²) in [5, 5.41) is 10.2. The number of esters is 1. The molecule has 0 aliphatic rings. The number of rotatable bonds is 4. The first-order chi connectivity index (χ1) is 8.59. The van der Waals surface area contributed by atoms with Crippen molar-refractivity contribution in [1.82, 2.24) is 0 Å². The van der Waals surface area contributed by atoms with Gasteiger partial charge in [0.25, 0.3) is 0 Å². The summed E-state index contributed by atoms with van der Waals surface area (Å²) in [6, 6.07) is 9.67. The summed E-state index contributed by atoms with van der Waals surface area (Å²) >= 11 is 0. The first-order valence-corrected chi connectivity index (χ1v) is 6.59. The Bertz CT molecular complexity index is 410. The van der Waals surface area contributed by atoms with Gasteiger partial charge in [0.15, 0.2) is 0 Å². The summed E-state index contributed by atoms with van der Waals surface area (Å²) < 4.78 is 5.40. The van der Waals surface area contributed by atoms with Gasteiger partial charge in [0.05, 0.1) is 11.5 Å². The smallest absolute Gasteiger partial charge is 0.312 e. The number of carbonyl (C=O) groups is 1. The van der Waals surface area contributed by atoms with E-state index in [1.165, 1.54) is 0 Å². The van der Waals surface area contributed by atoms with Crippen LogP contribution in [0.15, 0.2) is 30.3 Å². The molecule has 0 fully saturated rings. The van der Waals surface area contributed by atoms with Gasteiger partial charge in [-0.1, -0.05) is 30.3 Å². The first kappa shape index (κ1) is 15.7. The quantitative estimate of drug-likeness (QED) is 0.850. The van der Waals surface area contributed by atoms with Gasteiger partial charge in [-0.05, 0) is 46.6 Å². The van der Waals surface area contributed by atoms with E-state index in [1.54, 1.807) is 13.8 Å². The van der Waals surface area contributed by atoms with Gasteiger partial charge in [-0.3, -0.25) is 4.79 Å². The van der Waals surface area contributed by atoms with Crippen molar-refractivity contribution in [2.24, 2.45) is 5.92 Å². The summed E-state index contributed by atoms with van der Waals surface area (Å²) in [7, 11) is 0. The van der Waals surface area contributed by atoms with Crippen molar-refractivity contribution in [3.8, 4) is 0 Å². The molecule has 3 nitrogen and oxygen atoms in total. The molecule has 0 aliphatic heterocycles. The molecule has 106 valence electrons. The highest BCUT2D eigenvalue weighted by molar-refractivity contribution is 5.74. The molecule has 1 atom stereocenters. The molecule has 1 rings (SSSR count). The highest BCUT2D eigenvalue weighted by Crippen LogP contribution is 2.25. The molecular weight excluding hydrogens is 240 g/mol. The lowest BCUT2D eigenvalue weighted by atomic mass is 9.85. The molecule has 0 amide bonds. The number of aliphatic hydroxyl groups is 1. The van der Waals surface area contributed by atoms with Crippen LogP contribution in [0.5, 0.6) is 0 Å². The third-order valence-electron chi connectivity index (χ3n) is 2.83. The Hall–Kier alpha value is -1.35. The fourth-order valence-electron chi connectivity index (χ4n) is 1.84. The van der Waals surface area contributed by atoms with Crippen LogP contribution in [0, 0.1) is 5.92 Å². The molecule has 0 saturated heterocycles. The summed E-state index contributed by atoms with van der Waals surface area (Å²) in [5.41, 5.74) is -0.643. The third kappa shape index (κ3) is 5.43. The SMILES string of the molecule is CC(C)(C)OC(=O)[C@@H](Cc1ccccc1)C(C)(C)O. The summed E-state index contributed by atoms with van der Waals surface area (Å²) in [6.07, 6.45) is 0.471. The van der Waals surface area contributed by atoms with E-state index < -0.39 is 17.1 Å². The highest BCUT2D eigenvalue weighted by atomic mass is 16.6. The van der Waals surface area contributed by atoms with Crippen molar-refractivity contribution >= 4 is 5.97 Å². The van der Waals surface area contributed by atoms with Crippen molar-refractivity contribution in [1.29, 1.82) is 0 Å². The highest BCUT2D eigenvalue weighted by Gasteiger charge is 2.36. The minimum Gasteiger partial charge on any atom is -0.460 e. The molecule has 3 heteroatoms. The third-order valence-corrected chi connectivity index (χ3v) is 2.83. The number of hydrogen-bond donors (Lipinski definition) is 1. The van der Waals surface area contributed by atoms with Gasteiger partial charge < -0.3 is 9.84 Å². The largest absolute Gasteiger partial charge is 0.460 e. The van der Waals surface area contributed by atoms with Crippen LogP contribution < -0.4 is 0 Å². The van der Waals surface area contributed by atoms with E-state index in [-0.39, 0.29) is 5.97 Å². The fraction of sp³-hybridized carbons (Fsp3) is 0.562. The first-order valence-electron chi connectivity index (χ1n) is 6.59. The number of ether oxygens (including phenoxy) is 1. The van der Waals surface area contributed by atoms with Crippen LogP contribution in [0.2, 0.25) is 0 Å². The number of carbonyl (C=O) groups excluding carboxylic acids is 1. The molecular formula is C16H24O3. The van der Waals surface area contributed by atoms with Crippen molar-refractivity contribution < 1.29 is 14.6 Å². The molecule has 0 saturated carbocycles. The van der Waals surface area contributed by atoms with Crippen molar-refractivity contribution in [3.63, 3.8) is 0 Å². The van der Waals surface area contributed by atoms with E-state index in [4.69, 9.17) is 4.74 Å². The van der Waals surface area contributed by atoms with E-state index in [1.807, 2.05) is 51.1 Å². The second-order valence-electron chi connectivity index (χ2n) is 6.43. The van der Waals surface area contributed by atoms with Crippen LogP contribution in [0.3, 0.4) is 0 Å². The van der Waals surface area contributed by atoms with Gasteiger partial charge in [0, 0.05) is 0 Å². The molecule has 1 aromatic rings. The molecule has 0 aliphatic carbocycles. The van der Waals surface area contributed by atoms with Crippen LogP contribution >= 0.6 is 0 Å². The zero-order chi connectivity index (χ0) is 14.7. The van der Waals surface area contributed by atoms with Crippen LogP contribution in [-0.4, -0.2) is 22.3 Å². The van der Waals surface area contributed by atoms with Crippen molar-refractivity contribution in [3.05, 3.63) is 35.9 Å². The van der Waals surface area contributed by atoms with E-state index in [0.29, 0.717) is 6.42 Å². The maximum atomic E-state index is 12.2. The van der Waals surface area contributed by atoms with E-state index in [2.05, 4.69) is 0 Å². The van der Waals surface area contributed by atoms with Crippen molar-refractivity contribution in [2.45, 2.75) is 52.2 Å². The molecule has 1 aromatic carbocycles. The molecule has 0 aromatic heterocycles. The van der Waals surface area contributed by atoms with Gasteiger partial charge >= 0.3 is 5.97 Å². The number of benzene rings is 1. The second-order valence-corrected chi connectivity index (χ2v) is 6.43. The standard InChI is InChI=1S/C16H24O3/c1-15(2,3)19-14(17)13(16(4,5)18)11-12-9-7-6-8-10-12/h6-10,13,18H,11H2,1-5H3/t13-/m1/s1. The molecule has 0 radical (unpaired) electrons. The Morgan fingerprint density at radius 3 is 2.11 bits per heavy atom. The predicted molar refractivity (Wildman–Crippen MR) is 75.8 cm³/mol. The lowest BCUT2D eigenvalue weighted by Crippen LogP contribution is -2.41. The summed E-state index contributed by atoms with van der Waals surface area (Å²) in [4.78, 5) is 12.2. The minimum atomic E-state index is -1.11. The minimum absolute atomic E-state index is 0.358. The zero-order valence-corrected chi connectivity index (χ0v) is 12.4. The molecule has 0 spiro atoms. The topological polar surface area (TPSA) is 46.5 Å². The van der Waals surface area contributed by atoms with E-state index >= 15 is 0 Å². The molecule has 0 unspecified atom stereocenters. The Morgan fingerprint density at radius 1 is 1.16 bits per heavy atom. The normalized spacial score (nSPS) is 14.0. The molecule has 0 heterocycles. The van der Waals surface area contributed by atoms with Crippen LogP contribution in [0.25, 0.3) is 0 Å². The van der Waals surface area contributed by atoms with E-state index in [0.717, 1.165) is 5.56 Å². The Kier molecular flexibility index (Phi) is 4.75. The zero-order valence-electron chi connectivity index (χ0n) is 12.4. The monoisotopic (exact) mass is 264 g/mol. The Morgan fingerprint density at radius 2 is 1.68 bits per heavy atom. The number of hydrogen-bond acceptors (Lipinski definition) is 3. The molecule has 0 bridgehead atoms. The lowest BCUT2D eigenvalue weighted by Gasteiger charge is -2.31. The van der Waals surface area contributed by atoms with Gasteiger partial charge in [0.2, 0.25) is 0 Å². The average molecular weight is 264 g/mol. The Labute approximate surface area is 115 Å². The fourth-order valence-corrected chi connectivity index (χ4v) is 1.84. The maximum absolute atomic E-state index is 12.2. The summed E-state index contributed by atoms with van der Waals surface area (Å²) in [5.74, 6) is -0.932. The Balaban J connectivity index is 2.88. The van der Waals surface area contributed by atoms with E-state index in [9.17, 15) is 9.90 Å². The van der Waals surface area contributed by atoms with Crippen LogP contribution in [0.1, 0.15) is 40.2 Å². The van der Waals surface area contributed by atoms with Gasteiger partial charge in [-0.15, -0.1) is 0 Å². The second kappa shape index (κ2) is 5.74. The predicted octanol–water partition coefficient (Wildman–Crippen LogP) is 2.96. The van der Waals surface area contributed by atoms with Gasteiger partial charge in [-0.2, -0.15) is 0 Å². The lowest BCUT2D eigenvalue weighted by molar-refractivity contribution is -0.168. The molecule has 19 heavy (non-hydrogen) atoms. The van der Waals surface area contributed by atoms with Crippen molar-refractivity contribution in [2.75, 3.05) is 0 Å². The van der Waals surface area contributed by atoms with Crippen LogP contribution in [-0.2, 0) is 16.0 Å². The maximum Gasteiger partial charge on any atom is 0.312 e.